The van der Waals surface area contributed by atoms with Gasteiger partial charge in [-0.25, -0.2) is 4.39 Å². The number of benzene rings is 2. The van der Waals surface area contributed by atoms with Gasteiger partial charge in [0.05, 0.1) is 0 Å². The Kier molecular flexibility index (Phi) is 3.02. The van der Waals surface area contributed by atoms with Gasteiger partial charge in [0.15, 0.2) is 0 Å². The van der Waals surface area contributed by atoms with Gasteiger partial charge in [-0.3, -0.25) is 4.79 Å². The molecule has 20 heavy (non-hydrogen) atoms. The first-order chi connectivity index (χ1) is 9.60. The molecular weight excluding hydrogens is 259 g/mol. The summed E-state index contributed by atoms with van der Waals surface area (Å²) in [7, 11) is 0. The van der Waals surface area contributed by atoms with Crippen molar-refractivity contribution in [3.05, 3.63) is 47.8 Å². The van der Waals surface area contributed by atoms with E-state index in [9.17, 15) is 9.18 Å². The van der Waals surface area contributed by atoms with Crippen LogP contribution in [0, 0.1) is 5.82 Å². The lowest BCUT2D eigenvalue weighted by Crippen LogP contribution is -2.18. The fraction of sp³-hybridized carbons (Fsp3) is 0.133. The van der Waals surface area contributed by atoms with Gasteiger partial charge in [0, 0.05) is 29.9 Å². The molecule has 0 saturated heterocycles. The quantitative estimate of drug-likeness (QED) is 0.826. The lowest BCUT2D eigenvalue weighted by molar-refractivity contribution is -0.116. The van der Waals surface area contributed by atoms with Crippen LogP contribution in [-0.2, 0) is 11.2 Å². The Morgan fingerprint density at radius 3 is 2.75 bits per heavy atom. The van der Waals surface area contributed by atoms with Crippen LogP contribution >= 0.6 is 0 Å². The second-order valence-corrected chi connectivity index (χ2v) is 4.69. The van der Waals surface area contributed by atoms with Crippen molar-refractivity contribution in [3.8, 4) is 11.5 Å². The predicted octanol–water partition coefficient (Wildman–Crippen LogP) is 3.08. The summed E-state index contributed by atoms with van der Waals surface area (Å²) in [6.45, 7) is 0. The average Bonchev–Trinajstić information content (AvgIpc) is 2.38. The number of hydrogen-bond donors (Lipinski definition) is 2. The van der Waals surface area contributed by atoms with Crippen LogP contribution in [0.25, 0.3) is 0 Å². The van der Waals surface area contributed by atoms with Gasteiger partial charge in [-0.2, -0.15) is 0 Å². The number of hydrogen-bond acceptors (Lipinski definition) is 3. The number of halogens is 1. The smallest absolute Gasteiger partial charge is 0.224 e. The molecule has 0 bridgehead atoms. The zero-order valence-corrected chi connectivity index (χ0v) is 10.7. The summed E-state index contributed by atoms with van der Waals surface area (Å²) < 4.78 is 18.8. The predicted molar refractivity (Wildman–Crippen MR) is 74.3 cm³/mol. The first-order valence-electron chi connectivity index (χ1n) is 6.27. The molecule has 4 nitrogen and oxygen atoms in total. The largest absolute Gasteiger partial charge is 0.457 e. The maximum absolute atomic E-state index is 13.2. The SMILES string of the molecule is Nc1cc(F)cc(Oc2ccc3c(c2)CCC(=O)N3)c1. The minimum absolute atomic E-state index is 0.0177. The van der Waals surface area contributed by atoms with Crippen LogP contribution in [0.5, 0.6) is 11.5 Å². The minimum Gasteiger partial charge on any atom is -0.457 e. The molecule has 0 aliphatic carbocycles. The minimum atomic E-state index is -0.440. The fourth-order valence-corrected chi connectivity index (χ4v) is 2.20. The lowest BCUT2D eigenvalue weighted by Gasteiger charge is -2.17. The number of carbonyl (C=O) groups is 1. The summed E-state index contributed by atoms with van der Waals surface area (Å²) in [5.74, 6) is 0.515. The van der Waals surface area contributed by atoms with Crippen LogP contribution in [0.15, 0.2) is 36.4 Å². The Balaban J connectivity index is 1.86. The zero-order valence-electron chi connectivity index (χ0n) is 10.7. The van der Waals surface area contributed by atoms with Gasteiger partial charge < -0.3 is 15.8 Å². The van der Waals surface area contributed by atoms with Gasteiger partial charge in [-0.05, 0) is 36.2 Å². The molecule has 0 atom stereocenters. The number of nitrogen functional groups attached to an aromatic ring is 1. The number of aryl methyl sites for hydroxylation is 1. The third kappa shape index (κ3) is 2.56. The molecule has 2 aromatic rings. The summed E-state index contributed by atoms with van der Waals surface area (Å²) in [4.78, 5) is 11.3. The Bertz CT molecular complexity index is 665. The van der Waals surface area contributed by atoms with E-state index < -0.39 is 5.82 Å². The van der Waals surface area contributed by atoms with Gasteiger partial charge in [-0.15, -0.1) is 0 Å². The van der Waals surface area contributed by atoms with Crippen LogP contribution in [0.1, 0.15) is 12.0 Å². The maximum Gasteiger partial charge on any atom is 0.224 e. The molecule has 1 aliphatic heterocycles. The summed E-state index contributed by atoms with van der Waals surface area (Å²) in [6.07, 6.45) is 1.13. The van der Waals surface area contributed by atoms with Crippen LogP contribution in [0.2, 0.25) is 0 Å². The van der Waals surface area contributed by atoms with E-state index in [-0.39, 0.29) is 5.91 Å². The van der Waals surface area contributed by atoms with Gasteiger partial charge in [-0.1, -0.05) is 0 Å². The van der Waals surface area contributed by atoms with Crippen molar-refractivity contribution in [2.75, 3.05) is 11.1 Å². The van der Waals surface area contributed by atoms with Crippen LogP contribution in [-0.4, -0.2) is 5.91 Å². The highest BCUT2D eigenvalue weighted by molar-refractivity contribution is 5.94. The first kappa shape index (κ1) is 12.5. The van der Waals surface area contributed by atoms with Gasteiger partial charge >= 0.3 is 0 Å². The Hall–Kier alpha value is -2.56. The maximum atomic E-state index is 13.2. The average molecular weight is 272 g/mol. The highest BCUT2D eigenvalue weighted by atomic mass is 19.1. The van der Waals surface area contributed by atoms with Crippen molar-refractivity contribution in [3.63, 3.8) is 0 Å². The topological polar surface area (TPSA) is 64.3 Å². The number of ether oxygens (including phenoxy) is 1. The molecule has 102 valence electrons. The van der Waals surface area contributed by atoms with Crippen molar-refractivity contribution in [1.82, 2.24) is 0 Å². The molecule has 5 heteroatoms. The first-order valence-corrected chi connectivity index (χ1v) is 6.27. The third-order valence-corrected chi connectivity index (χ3v) is 3.10. The Morgan fingerprint density at radius 2 is 1.95 bits per heavy atom. The molecular formula is C15H13FN2O2. The molecule has 0 radical (unpaired) electrons. The summed E-state index contributed by atoms with van der Waals surface area (Å²) in [5.41, 5.74) is 7.69. The molecule has 0 spiro atoms. The van der Waals surface area contributed by atoms with E-state index >= 15 is 0 Å². The van der Waals surface area contributed by atoms with Crippen LogP contribution in [0.3, 0.4) is 0 Å². The lowest BCUT2D eigenvalue weighted by atomic mass is 10.0. The summed E-state index contributed by atoms with van der Waals surface area (Å²) in [6, 6.07) is 9.42. The van der Waals surface area contributed by atoms with E-state index in [1.807, 2.05) is 6.07 Å². The number of amides is 1. The number of nitrogens with one attached hydrogen (secondary N) is 1. The fourth-order valence-electron chi connectivity index (χ4n) is 2.20. The van der Waals surface area contributed by atoms with Gasteiger partial charge in [0.2, 0.25) is 5.91 Å². The highest BCUT2D eigenvalue weighted by Gasteiger charge is 2.15. The molecule has 3 rings (SSSR count). The standard InChI is InChI=1S/C15H13FN2O2/c16-10-6-11(17)8-13(7-10)20-12-2-3-14-9(5-12)1-4-15(19)18-14/h2-3,5-8H,1,4,17H2,(H,18,19). The van der Waals surface area contributed by atoms with E-state index in [1.54, 1.807) is 18.2 Å². The second kappa shape index (κ2) is 4.85. The van der Waals surface area contributed by atoms with E-state index in [4.69, 9.17) is 10.5 Å². The molecule has 0 saturated carbocycles. The number of nitrogens with two attached hydrogens (primary N) is 1. The summed E-state index contributed by atoms with van der Waals surface area (Å²) >= 11 is 0. The van der Waals surface area contributed by atoms with Crippen molar-refractivity contribution in [2.24, 2.45) is 0 Å². The highest BCUT2D eigenvalue weighted by Crippen LogP contribution is 2.30. The monoisotopic (exact) mass is 272 g/mol. The third-order valence-electron chi connectivity index (χ3n) is 3.10. The summed E-state index contributed by atoms with van der Waals surface area (Å²) in [5, 5.41) is 2.79. The van der Waals surface area contributed by atoms with Crippen molar-refractivity contribution in [2.45, 2.75) is 12.8 Å². The van der Waals surface area contributed by atoms with E-state index in [1.165, 1.54) is 12.1 Å². The zero-order chi connectivity index (χ0) is 14.1. The van der Waals surface area contributed by atoms with Gasteiger partial charge in [0.25, 0.3) is 0 Å². The number of fused-ring (bicyclic) bond motifs is 1. The van der Waals surface area contributed by atoms with Crippen LogP contribution in [0.4, 0.5) is 15.8 Å². The normalized spacial score (nSPS) is 13.6. The molecule has 2 aromatic carbocycles. The molecule has 0 aromatic heterocycles. The Labute approximate surface area is 115 Å². The molecule has 1 amide bonds. The number of rotatable bonds is 2. The number of carbonyl (C=O) groups excluding carboxylic acids is 1. The van der Waals surface area contributed by atoms with Crippen molar-refractivity contribution >= 4 is 17.3 Å². The van der Waals surface area contributed by atoms with E-state index in [0.29, 0.717) is 30.0 Å². The van der Waals surface area contributed by atoms with Crippen molar-refractivity contribution < 1.29 is 13.9 Å². The molecule has 3 N–H and O–H groups in total. The van der Waals surface area contributed by atoms with Gasteiger partial charge in [0.1, 0.15) is 17.3 Å². The second-order valence-electron chi connectivity index (χ2n) is 4.69. The van der Waals surface area contributed by atoms with Crippen LogP contribution < -0.4 is 15.8 Å². The van der Waals surface area contributed by atoms with E-state index in [0.717, 1.165) is 11.3 Å². The molecule has 1 heterocycles. The molecule has 0 fully saturated rings. The van der Waals surface area contributed by atoms with Crippen molar-refractivity contribution in [1.29, 1.82) is 0 Å². The molecule has 0 unspecified atom stereocenters. The Morgan fingerprint density at radius 1 is 1.10 bits per heavy atom. The molecule has 1 aliphatic rings. The number of anilines is 2. The van der Waals surface area contributed by atoms with E-state index in [2.05, 4.69) is 5.32 Å².